The quantitative estimate of drug-likeness (QED) is 0.871. The summed E-state index contributed by atoms with van der Waals surface area (Å²) in [5, 5.41) is 4.62. The Bertz CT molecular complexity index is 280. The molecule has 0 saturated carbocycles. The molecule has 80 valence electrons. The van der Waals surface area contributed by atoms with E-state index in [4.69, 9.17) is 5.73 Å². The summed E-state index contributed by atoms with van der Waals surface area (Å²) in [6.07, 6.45) is -2.34. The summed E-state index contributed by atoms with van der Waals surface area (Å²) in [7, 11) is 0. The summed E-state index contributed by atoms with van der Waals surface area (Å²) >= 11 is 4.80. The molecular formula is C8H11BrF2N2S. The normalized spacial score (nSPS) is 13.5. The first-order valence-corrected chi connectivity index (χ1v) is 5.76. The maximum atomic E-state index is 11.9. The van der Waals surface area contributed by atoms with Crippen molar-refractivity contribution in [3.63, 3.8) is 0 Å². The summed E-state index contributed by atoms with van der Waals surface area (Å²) in [6, 6.07) is 1.71. The molecule has 1 aromatic heterocycles. The number of hydrogen-bond donors (Lipinski definition) is 2. The van der Waals surface area contributed by atoms with Crippen LogP contribution in [0.1, 0.15) is 10.9 Å². The predicted octanol–water partition coefficient (Wildman–Crippen LogP) is 2.37. The van der Waals surface area contributed by atoms with Crippen LogP contribution in [0.4, 0.5) is 8.78 Å². The van der Waals surface area contributed by atoms with Crippen molar-refractivity contribution in [3.05, 3.63) is 20.8 Å². The minimum absolute atomic E-state index is 0.180. The monoisotopic (exact) mass is 284 g/mol. The second kappa shape index (κ2) is 5.75. The Morgan fingerprint density at radius 1 is 1.57 bits per heavy atom. The molecule has 0 amide bonds. The molecule has 0 bridgehead atoms. The molecule has 1 atom stereocenters. The Kier molecular flexibility index (Phi) is 4.94. The highest BCUT2D eigenvalue weighted by molar-refractivity contribution is 9.10. The lowest BCUT2D eigenvalue weighted by molar-refractivity contribution is 0.142. The zero-order valence-electron chi connectivity index (χ0n) is 7.34. The third-order valence-corrected chi connectivity index (χ3v) is 3.49. The van der Waals surface area contributed by atoms with E-state index in [2.05, 4.69) is 21.2 Å². The van der Waals surface area contributed by atoms with E-state index in [0.29, 0.717) is 6.54 Å². The van der Waals surface area contributed by atoms with Crippen molar-refractivity contribution in [3.8, 4) is 0 Å². The minimum Gasteiger partial charge on any atom is -0.329 e. The predicted molar refractivity (Wildman–Crippen MR) is 57.8 cm³/mol. The van der Waals surface area contributed by atoms with Gasteiger partial charge in [0.2, 0.25) is 0 Å². The van der Waals surface area contributed by atoms with E-state index in [1.165, 1.54) is 11.3 Å². The van der Waals surface area contributed by atoms with Gasteiger partial charge in [0.15, 0.2) is 0 Å². The van der Waals surface area contributed by atoms with E-state index >= 15 is 0 Å². The third kappa shape index (κ3) is 3.61. The summed E-state index contributed by atoms with van der Waals surface area (Å²) in [6.45, 7) is -0.00292. The van der Waals surface area contributed by atoms with E-state index < -0.39 is 6.43 Å². The maximum Gasteiger partial charge on any atom is 0.250 e. The molecule has 1 heterocycles. The second-order valence-electron chi connectivity index (χ2n) is 2.75. The first-order chi connectivity index (χ1) is 6.63. The van der Waals surface area contributed by atoms with Crippen molar-refractivity contribution in [2.75, 3.05) is 13.1 Å². The van der Waals surface area contributed by atoms with Gasteiger partial charge in [-0.15, -0.1) is 11.3 Å². The van der Waals surface area contributed by atoms with Crippen LogP contribution in [0, 0.1) is 0 Å². The zero-order chi connectivity index (χ0) is 10.6. The highest BCUT2D eigenvalue weighted by Gasteiger charge is 2.13. The summed E-state index contributed by atoms with van der Waals surface area (Å²) in [5.74, 6) is 0. The number of alkyl halides is 2. The Labute approximate surface area is 93.6 Å². The Morgan fingerprint density at radius 3 is 2.71 bits per heavy atom. The second-order valence-corrected chi connectivity index (χ2v) is 4.61. The van der Waals surface area contributed by atoms with Crippen molar-refractivity contribution < 1.29 is 8.78 Å². The van der Waals surface area contributed by atoms with Crippen LogP contribution in [-0.2, 0) is 0 Å². The van der Waals surface area contributed by atoms with E-state index in [1.54, 1.807) is 0 Å². The highest BCUT2D eigenvalue weighted by Crippen LogP contribution is 2.25. The number of hydrogen-bond acceptors (Lipinski definition) is 3. The Hall–Kier alpha value is -0.0400. The molecule has 0 saturated heterocycles. The molecule has 3 N–H and O–H groups in total. The average Bonchev–Trinajstić information content (AvgIpc) is 2.53. The lowest BCUT2D eigenvalue weighted by atomic mass is 10.2. The van der Waals surface area contributed by atoms with E-state index in [-0.39, 0.29) is 12.6 Å². The van der Waals surface area contributed by atoms with Crippen LogP contribution in [0.15, 0.2) is 15.9 Å². The van der Waals surface area contributed by atoms with Crippen molar-refractivity contribution in [2.24, 2.45) is 5.73 Å². The molecule has 2 nitrogen and oxygen atoms in total. The van der Waals surface area contributed by atoms with Crippen molar-refractivity contribution in [2.45, 2.75) is 12.5 Å². The smallest absolute Gasteiger partial charge is 0.250 e. The van der Waals surface area contributed by atoms with Gasteiger partial charge >= 0.3 is 0 Å². The fourth-order valence-electron chi connectivity index (χ4n) is 1.04. The lowest BCUT2D eigenvalue weighted by Gasteiger charge is -2.14. The molecule has 14 heavy (non-hydrogen) atoms. The molecule has 0 aromatic carbocycles. The van der Waals surface area contributed by atoms with Crippen LogP contribution in [0.5, 0.6) is 0 Å². The van der Waals surface area contributed by atoms with Crippen LogP contribution in [0.3, 0.4) is 0 Å². The molecule has 0 spiro atoms. The number of nitrogens with one attached hydrogen (secondary N) is 1. The van der Waals surface area contributed by atoms with Crippen LogP contribution in [0.2, 0.25) is 0 Å². The standard InChI is InChI=1S/C8H11BrF2N2S/c9-5-1-7(14-4-5)6(2-12)13-3-8(10)11/h1,4,6,8,13H,2-3,12H2. The average molecular weight is 285 g/mol. The molecule has 0 aliphatic rings. The molecule has 0 aliphatic heterocycles. The summed E-state index contributed by atoms with van der Waals surface area (Å²) in [5.41, 5.74) is 5.48. The largest absolute Gasteiger partial charge is 0.329 e. The van der Waals surface area contributed by atoms with Gasteiger partial charge in [-0.05, 0) is 22.0 Å². The van der Waals surface area contributed by atoms with Crippen LogP contribution in [-0.4, -0.2) is 19.5 Å². The molecule has 1 unspecified atom stereocenters. The molecule has 0 radical (unpaired) electrons. The molecular weight excluding hydrogens is 274 g/mol. The molecule has 0 aliphatic carbocycles. The van der Waals surface area contributed by atoms with Crippen molar-refractivity contribution in [1.29, 1.82) is 0 Å². The van der Waals surface area contributed by atoms with Gasteiger partial charge in [-0.25, -0.2) is 8.78 Å². The van der Waals surface area contributed by atoms with Gasteiger partial charge < -0.3 is 11.1 Å². The first kappa shape index (κ1) is 12.0. The fraction of sp³-hybridized carbons (Fsp3) is 0.500. The molecule has 1 aromatic rings. The molecule has 6 heteroatoms. The number of nitrogens with two attached hydrogens (primary N) is 1. The van der Waals surface area contributed by atoms with Gasteiger partial charge in [0.1, 0.15) is 0 Å². The number of halogens is 3. The van der Waals surface area contributed by atoms with Crippen molar-refractivity contribution in [1.82, 2.24) is 5.32 Å². The zero-order valence-corrected chi connectivity index (χ0v) is 9.75. The van der Waals surface area contributed by atoms with Gasteiger partial charge in [0.25, 0.3) is 6.43 Å². The van der Waals surface area contributed by atoms with Crippen molar-refractivity contribution >= 4 is 27.3 Å². The van der Waals surface area contributed by atoms with Crippen LogP contribution in [0.25, 0.3) is 0 Å². The fourth-order valence-corrected chi connectivity index (χ4v) is 2.58. The van der Waals surface area contributed by atoms with Gasteiger partial charge in [-0.1, -0.05) is 0 Å². The SMILES string of the molecule is NCC(NCC(F)F)c1cc(Br)cs1. The van der Waals surface area contributed by atoms with Gasteiger partial charge in [-0.2, -0.15) is 0 Å². The number of rotatable bonds is 5. The summed E-state index contributed by atoms with van der Waals surface area (Å²) < 4.78 is 24.8. The Morgan fingerprint density at radius 2 is 2.29 bits per heavy atom. The van der Waals surface area contributed by atoms with E-state index in [9.17, 15) is 8.78 Å². The lowest BCUT2D eigenvalue weighted by Crippen LogP contribution is -2.31. The molecule has 1 rings (SSSR count). The van der Waals surface area contributed by atoms with E-state index in [0.717, 1.165) is 9.35 Å². The van der Waals surface area contributed by atoms with Gasteiger partial charge in [0.05, 0.1) is 12.6 Å². The maximum absolute atomic E-state index is 11.9. The topological polar surface area (TPSA) is 38.0 Å². The van der Waals surface area contributed by atoms with E-state index in [1.807, 2.05) is 11.4 Å². The third-order valence-electron chi connectivity index (χ3n) is 1.69. The van der Waals surface area contributed by atoms with Gasteiger partial charge in [-0.3, -0.25) is 0 Å². The highest BCUT2D eigenvalue weighted by atomic mass is 79.9. The van der Waals surface area contributed by atoms with Crippen LogP contribution < -0.4 is 11.1 Å². The number of thiophene rings is 1. The summed E-state index contributed by atoms with van der Waals surface area (Å²) in [4.78, 5) is 0.972. The van der Waals surface area contributed by atoms with Crippen LogP contribution >= 0.6 is 27.3 Å². The first-order valence-electron chi connectivity index (χ1n) is 4.09. The Balaban J connectivity index is 2.54. The molecule has 0 fully saturated rings. The minimum atomic E-state index is -2.34. The van der Waals surface area contributed by atoms with Gasteiger partial charge in [0, 0.05) is 21.3 Å².